The van der Waals surface area contributed by atoms with Crippen LogP contribution in [0.2, 0.25) is 0 Å². The number of aliphatic hydroxyl groups excluding tert-OH is 1. The van der Waals surface area contributed by atoms with Gasteiger partial charge in [0.1, 0.15) is 0 Å². The second-order valence-electron chi connectivity index (χ2n) is 4.24. The van der Waals surface area contributed by atoms with Crippen LogP contribution in [0.1, 0.15) is 26.2 Å². The van der Waals surface area contributed by atoms with Crippen LogP contribution < -0.4 is 5.32 Å². The zero-order chi connectivity index (χ0) is 11.3. The molecule has 0 aromatic rings. The SMILES string of the molecule is CC(C1CCNCC1)S(=O)(=O)CCCO. The first-order valence-corrected chi connectivity index (χ1v) is 7.32. The highest BCUT2D eigenvalue weighted by molar-refractivity contribution is 7.92. The van der Waals surface area contributed by atoms with Crippen molar-refractivity contribution in [2.24, 2.45) is 5.92 Å². The van der Waals surface area contributed by atoms with Gasteiger partial charge in [-0.15, -0.1) is 0 Å². The van der Waals surface area contributed by atoms with Gasteiger partial charge in [-0.05, 0) is 45.2 Å². The maximum Gasteiger partial charge on any atom is 0.153 e. The summed E-state index contributed by atoms with van der Waals surface area (Å²) in [5.74, 6) is 0.407. The summed E-state index contributed by atoms with van der Waals surface area (Å²) >= 11 is 0. The van der Waals surface area contributed by atoms with Crippen molar-refractivity contribution in [3.63, 3.8) is 0 Å². The molecule has 0 aliphatic carbocycles. The molecule has 0 aromatic heterocycles. The van der Waals surface area contributed by atoms with Crippen LogP contribution in [0.5, 0.6) is 0 Å². The van der Waals surface area contributed by atoms with Gasteiger partial charge in [-0.3, -0.25) is 0 Å². The minimum Gasteiger partial charge on any atom is -0.396 e. The summed E-state index contributed by atoms with van der Waals surface area (Å²) in [6, 6.07) is 0. The lowest BCUT2D eigenvalue weighted by Crippen LogP contribution is -2.37. The lowest BCUT2D eigenvalue weighted by molar-refractivity contribution is 0.294. The normalized spacial score (nSPS) is 21.5. The summed E-state index contributed by atoms with van der Waals surface area (Å²) in [6.07, 6.45) is 2.25. The third-order valence-corrected chi connectivity index (χ3v) is 5.58. The molecule has 1 saturated heterocycles. The topological polar surface area (TPSA) is 66.4 Å². The van der Waals surface area contributed by atoms with Crippen LogP contribution in [-0.2, 0) is 9.84 Å². The van der Waals surface area contributed by atoms with Gasteiger partial charge < -0.3 is 10.4 Å². The number of aliphatic hydroxyl groups is 1. The fraction of sp³-hybridized carbons (Fsp3) is 1.00. The molecule has 1 fully saturated rings. The highest BCUT2D eigenvalue weighted by Crippen LogP contribution is 2.22. The summed E-state index contributed by atoms with van der Waals surface area (Å²) in [7, 11) is -3.01. The zero-order valence-electron chi connectivity index (χ0n) is 9.28. The van der Waals surface area contributed by atoms with Crippen molar-refractivity contribution in [2.75, 3.05) is 25.4 Å². The molecule has 0 amide bonds. The maximum atomic E-state index is 11.9. The number of nitrogens with one attached hydrogen (secondary N) is 1. The van der Waals surface area contributed by atoms with Crippen LogP contribution in [-0.4, -0.2) is 44.2 Å². The van der Waals surface area contributed by atoms with Gasteiger partial charge in [-0.2, -0.15) is 0 Å². The lowest BCUT2D eigenvalue weighted by Gasteiger charge is -2.27. The summed E-state index contributed by atoms with van der Waals surface area (Å²) in [6.45, 7) is 3.61. The first-order chi connectivity index (χ1) is 7.08. The minimum absolute atomic E-state index is 0.0435. The van der Waals surface area contributed by atoms with E-state index in [0.717, 1.165) is 25.9 Å². The summed E-state index contributed by atoms with van der Waals surface area (Å²) in [4.78, 5) is 0. The molecule has 1 rings (SSSR count). The fourth-order valence-corrected chi connectivity index (χ4v) is 3.82. The van der Waals surface area contributed by atoms with Crippen LogP contribution in [0.15, 0.2) is 0 Å². The van der Waals surface area contributed by atoms with Gasteiger partial charge in [0.2, 0.25) is 0 Å². The Balaban J connectivity index is 2.53. The predicted octanol–water partition coefficient (Wildman–Crippen LogP) is 0.172. The molecule has 0 bridgehead atoms. The second-order valence-corrected chi connectivity index (χ2v) is 6.71. The Morgan fingerprint density at radius 3 is 2.53 bits per heavy atom. The van der Waals surface area contributed by atoms with Crippen LogP contribution in [0, 0.1) is 5.92 Å². The van der Waals surface area contributed by atoms with Crippen LogP contribution in [0.3, 0.4) is 0 Å². The highest BCUT2D eigenvalue weighted by atomic mass is 32.2. The number of piperidine rings is 1. The van der Waals surface area contributed by atoms with Gasteiger partial charge in [-0.1, -0.05) is 0 Å². The quantitative estimate of drug-likeness (QED) is 0.713. The van der Waals surface area contributed by atoms with Gasteiger partial charge in [-0.25, -0.2) is 8.42 Å². The summed E-state index contributed by atoms with van der Waals surface area (Å²) < 4.78 is 23.7. The predicted molar refractivity (Wildman–Crippen MR) is 60.5 cm³/mol. The zero-order valence-corrected chi connectivity index (χ0v) is 10.1. The molecule has 0 aromatic carbocycles. The van der Waals surface area contributed by atoms with E-state index in [9.17, 15) is 8.42 Å². The smallest absolute Gasteiger partial charge is 0.153 e. The van der Waals surface area contributed by atoms with E-state index < -0.39 is 9.84 Å². The van der Waals surface area contributed by atoms with Crippen molar-refractivity contribution in [1.82, 2.24) is 5.32 Å². The molecular weight excluding hydrogens is 214 g/mol. The average molecular weight is 235 g/mol. The van der Waals surface area contributed by atoms with Gasteiger partial charge in [0.25, 0.3) is 0 Å². The number of hydrogen-bond acceptors (Lipinski definition) is 4. The standard InChI is InChI=1S/C10H21NO3S/c1-9(10-3-5-11-6-4-10)15(13,14)8-2-7-12/h9-12H,2-8H2,1H3. The largest absolute Gasteiger partial charge is 0.396 e. The van der Waals surface area contributed by atoms with E-state index in [1.165, 1.54) is 0 Å². The van der Waals surface area contributed by atoms with Crippen molar-refractivity contribution < 1.29 is 13.5 Å². The van der Waals surface area contributed by atoms with Crippen molar-refractivity contribution >= 4 is 9.84 Å². The van der Waals surface area contributed by atoms with Crippen LogP contribution in [0.4, 0.5) is 0 Å². The summed E-state index contributed by atoms with van der Waals surface area (Å²) in [5, 5.41) is 11.6. The van der Waals surface area contributed by atoms with Crippen molar-refractivity contribution in [2.45, 2.75) is 31.4 Å². The van der Waals surface area contributed by atoms with E-state index in [2.05, 4.69) is 5.32 Å². The number of hydrogen-bond donors (Lipinski definition) is 2. The number of rotatable bonds is 5. The highest BCUT2D eigenvalue weighted by Gasteiger charge is 2.29. The Bertz CT molecular complexity index is 270. The first-order valence-electron chi connectivity index (χ1n) is 5.61. The number of sulfone groups is 1. The molecule has 90 valence electrons. The molecule has 2 N–H and O–H groups in total. The van der Waals surface area contributed by atoms with Gasteiger partial charge in [0, 0.05) is 6.61 Å². The third-order valence-electron chi connectivity index (χ3n) is 3.20. The minimum atomic E-state index is -3.01. The molecule has 0 spiro atoms. The molecule has 1 atom stereocenters. The maximum absolute atomic E-state index is 11.9. The van der Waals surface area contributed by atoms with E-state index in [1.54, 1.807) is 0 Å². The van der Waals surface area contributed by atoms with E-state index in [1.807, 2.05) is 6.92 Å². The van der Waals surface area contributed by atoms with Crippen molar-refractivity contribution in [3.05, 3.63) is 0 Å². The van der Waals surface area contributed by atoms with E-state index in [0.29, 0.717) is 6.42 Å². The first kappa shape index (κ1) is 12.9. The van der Waals surface area contributed by atoms with Crippen molar-refractivity contribution in [1.29, 1.82) is 0 Å². The second kappa shape index (κ2) is 5.82. The Morgan fingerprint density at radius 1 is 1.40 bits per heavy atom. The monoisotopic (exact) mass is 235 g/mol. The molecule has 0 saturated carbocycles. The Kier molecular flexibility index (Phi) is 5.02. The average Bonchev–Trinajstić information content (AvgIpc) is 2.26. The molecule has 5 heteroatoms. The molecule has 1 aliphatic rings. The molecule has 1 aliphatic heterocycles. The van der Waals surface area contributed by atoms with Crippen LogP contribution in [0.25, 0.3) is 0 Å². The molecule has 4 nitrogen and oxygen atoms in total. The van der Waals surface area contributed by atoms with Crippen LogP contribution >= 0.6 is 0 Å². The van der Waals surface area contributed by atoms with E-state index >= 15 is 0 Å². The Morgan fingerprint density at radius 2 is 2.00 bits per heavy atom. The third kappa shape index (κ3) is 3.74. The molecule has 0 radical (unpaired) electrons. The fourth-order valence-electron chi connectivity index (χ4n) is 2.06. The summed E-state index contributed by atoms with van der Waals surface area (Å²) in [5.41, 5.74) is 0. The Labute approximate surface area is 92.0 Å². The van der Waals surface area contributed by atoms with Crippen molar-refractivity contribution in [3.8, 4) is 0 Å². The van der Waals surface area contributed by atoms with Gasteiger partial charge in [0.05, 0.1) is 11.0 Å². The lowest BCUT2D eigenvalue weighted by atomic mass is 9.95. The molecule has 1 heterocycles. The molecular formula is C10H21NO3S. The van der Waals surface area contributed by atoms with E-state index in [-0.39, 0.29) is 23.5 Å². The molecule has 15 heavy (non-hydrogen) atoms. The van der Waals surface area contributed by atoms with E-state index in [4.69, 9.17) is 5.11 Å². The molecule has 1 unspecified atom stereocenters. The van der Waals surface area contributed by atoms with Gasteiger partial charge in [0.15, 0.2) is 9.84 Å². The van der Waals surface area contributed by atoms with Gasteiger partial charge >= 0.3 is 0 Å². The Hall–Kier alpha value is -0.130.